The van der Waals surface area contributed by atoms with Gasteiger partial charge in [-0.2, -0.15) is 0 Å². The number of H-pyrrole nitrogens is 1. The summed E-state index contributed by atoms with van der Waals surface area (Å²) in [6.07, 6.45) is 3.01. The summed E-state index contributed by atoms with van der Waals surface area (Å²) in [5, 5.41) is 9.10. The second-order valence-corrected chi connectivity index (χ2v) is 4.00. The van der Waals surface area contributed by atoms with Crippen molar-refractivity contribution in [1.82, 2.24) is 14.5 Å². The van der Waals surface area contributed by atoms with Crippen molar-refractivity contribution >= 4 is 30.2 Å². The molecule has 1 amide bonds. The minimum absolute atomic E-state index is 0. The van der Waals surface area contributed by atoms with Gasteiger partial charge in [-0.3, -0.25) is 4.79 Å². The highest BCUT2D eigenvalue weighted by Gasteiger charge is 2.23. The highest BCUT2D eigenvalue weighted by Crippen LogP contribution is 2.23. The Morgan fingerprint density at radius 1 is 1.50 bits per heavy atom. The summed E-state index contributed by atoms with van der Waals surface area (Å²) in [6.45, 7) is 0. The molecule has 8 nitrogen and oxygen atoms in total. The Kier molecular flexibility index (Phi) is 4.76. The lowest BCUT2D eigenvalue weighted by Gasteiger charge is -2.17. The first-order valence-electron chi connectivity index (χ1n) is 5.48. The van der Waals surface area contributed by atoms with E-state index >= 15 is 0 Å². The molecule has 0 radical (unpaired) electrons. The fraction of sp³-hybridized carbons (Fsp3) is 0.182. The number of nitrogens with zero attached hydrogens (tertiary/aromatic N) is 2. The van der Waals surface area contributed by atoms with Gasteiger partial charge < -0.3 is 26.1 Å². The van der Waals surface area contributed by atoms with E-state index in [0.717, 1.165) is 0 Å². The van der Waals surface area contributed by atoms with Crippen molar-refractivity contribution < 1.29 is 14.7 Å². The number of imidazole rings is 1. The van der Waals surface area contributed by atoms with Gasteiger partial charge in [0.25, 0.3) is 0 Å². The number of hydrogen-bond donors (Lipinski definition) is 4. The van der Waals surface area contributed by atoms with Crippen LogP contribution >= 0.6 is 12.4 Å². The van der Waals surface area contributed by atoms with Crippen LogP contribution in [0.25, 0.3) is 0 Å². The van der Waals surface area contributed by atoms with Crippen molar-refractivity contribution in [3.63, 3.8) is 0 Å². The number of nitrogens with two attached hydrogens (primary N) is 2. The van der Waals surface area contributed by atoms with E-state index in [-0.39, 0.29) is 30.5 Å². The van der Waals surface area contributed by atoms with Crippen LogP contribution in [0.5, 0.6) is 0 Å². The van der Waals surface area contributed by atoms with Gasteiger partial charge in [-0.15, -0.1) is 12.4 Å². The van der Waals surface area contributed by atoms with Gasteiger partial charge >= 0.3 is 5.97 Å². The topological polar surface area (TPSA) is 140 Å². The average molecular weight is 300 g/mol. The Hall–Kier alpha value is -2.48. The van der Waals surface area contributed by atoms with Crippen LogP contribution in [0.15, 0.2) is 24.5 Å². The Morgan fingerprint density at radius 3 is 2.70 bits per heavy atom. The third kappa shape index (κ3) is 3.09. The molecule has 0 bridgehead atoms. The second-order valence-electron chi connectivity index (χ2n) is 4.00. The maximum atomic E-state index is 11.2. The van der Waals surface area contributed by atoms with Gasteiger partial charge in [0.15, 0.2) is 5.95 Å². The molecule has 0 saturated carbocycles. The van der Waals surface area contributed by atoms with Crippen molar-refractivity contribution in [1.29, 1.82) is 0 Å². The van der Waals surface area contributed by atoms with E-state index in [1.54, 1.807) is 12.3 Å². The molecule has 0 aromatic carbocycles. The zero-order valence-corrected chi connectivity index (χ0v) is 11.1. The first-order valence-corrected chi connectivity index (χ1v) is 5.48. The number of primary amides is 1. The number of halogens is 1. The standard InChI is InChI=1S/C11H13N5O3.ClH/c12-9(17)4-8(6-5-14-11(13)15-6)16-3-1-2-7(16)10(18)19;/h1-3,5,8H,4H2,(H2,12,17)(H,18,19)(H3,13,14,15);1H. The number of aromatic amines is 1. The largest absolute Gasteiger partial charge is 0.477 e. The molecule has 0 fully saturated rings. The molecule has 0 aliphatic rings. The van der Waals surface area contributed by atoms with Gasteiger partial charge in [0, 0.05) is 12.4 Å². The predicted molar refractivity (Wildman–Crippen MR) is 73.6 cm³/mol. The molecule has 108 valence electrons. The van der Waals surface area contributed by atoms with Crippen LogP contribution in [0.4, 0.5) is 5.95 Å². The summed E-state index contributed by atoms with van der Waals surface area (Å²) in [5.74, 6) is -1.46. The zero-order chi connectivity index (χ0) is 14.0. The van der Waals surface area contributed by atoms with Crippen LogP contribution < -0.4 is 11.5 Å². The lowest BCUT2D eigenvalue weighted by molar-refractivity contribution is -0.118. The minimum atomic E-state index is -1.09. The molecule has 6 N–H and O–H groups in total. The first kappa shape index (κ1) is 15.6. The van der Waals surface area contributed by atoms with E-state index in [0.29, 0.717) is 5.69 Å². The SMILES string of the molecule is Cl.NC(=O)CC(c1c[nH]c(N)n1)n1cccc1C(=O)O. The molecular weight excluding hydrogens is 286 g/mol. The van der Waals surface area contributed by atoms with E-state index in [2.05, 4.69) is 9.97 Å². The predicted octanol–water partition coefficient (Wildman–Crippen LogP) is 0.378. The van der Waals surface area contributed by atoms with Crippen LogP contribution in [-0.2, 0) is 4.79 Å². The molecule has 2 aromatic heterocycles. The van der Waals surface area contributed by atoms with E-state index in [1.807, 2.05) is 0 Å². The van der Waals surface area contributed by atoms with Gasteiger partial charge in [0.2, 0.25) is 5.91 Å². The van der Waals surface area contributed by atoms with E-state index in [9.17, 15) is 9.59 Å². The third-order valence-corrected chi connectivity index (χ3v) is 2.69. The van der Waals surface area contributed by atoms with Crippen molar-refractivity contribution in [2.75, 3.05) is 5.73 Å². The smallest absolute Gasteiger partial charge is 0.352 e. The maximum absolute atomic E-state index is 11.2. The van der Waals surface area contributed by atoms with Gasteiger partial charge in [-0.25, -0.2) is 9.78 Å². The van der Waals surface area contributed by atoms with E-state index in [4.69, 9.17) is 16.6 Å². The molecular formula is C11H14ClN5O3. The van der Waals surface area contributed by atoms with Crippen LogP contribution in [-0.4, -0.2) is 31.5 Å². The number of aromatic nitrogens is 3. The lowest BCUT2D eigenvalue weighted by atomic mass is 10.1. The van der Waals surface area contributed by atoms with E-state index < -0.39 is 17.9 Å². The van der Waals surface area contributed by atoms with Crippen molar-refractivity contribution in [2.45, 2.75) is 12.5 Å². The number of rotatable bonds is 5. The average Bonchev–Trinajstić information content (AvgIpc) is 2.93. The third-order valence-electron chi connectivity index (χ3n) is 2.69. The lowest BCUT2D eigenvalue weighted by Crippen LogP contribution is -2.22. The second kappa shape index (κ2) is 6.11. The molecule has 0 saturated heterocycles. The number of nitrogen functional groups attached to an aromatic ring is 1. The zero-order valence-electron chi connectivity index (χ0n) is 10.3. The number of nitrogens with one attached hydrogen (secondary N) is 1. The molecule has 9 heteroatoms. The minimum Gasteiger partial charge on any atom is -0.477 e. The summed E-state index contributed by atoms with van der Waals surface area (Å²) in [6, 6.07) is 2.41. The summed E-state index contributed by atoms with van der Waals surface area (Å²) in [7, 11) is 0. The van der Waals surface area contributed by atoms with Crippen molar-refractivity contribution in [2.24, 2.45) is 5.73 Å². The van der Waals surface area contributed by atoms with Crippen molar-refractivity contribution in [3.8, 4) is 0 Å². The molecule has 20 heavy (non-hydrogen) atoms. The number of anilines is 1. The monoisotopic (exact) mass is 299 g/mol. The number of amides is 1. The van der Waals surface area contributed by atoms with Gasteiger partial charge in [-0.05, 0) is 12.1 Å². The molecule has 2 aromatic rings. The molecule has 1 unspecified atom stereocenters. The summed E-state index contributed by atoms with van der Waals surface area (Å²) in [4.78, 5) is 29.0. The molecule has 2 rings (SSSR count). The quantitative estimate of drug-likeness (QED) is 0.631. The molecule has 0 aliphatic carbocycles. The van der Waals surface area contributed by atoms with Crippen molar-refractivity contribution in [3.05, 3.63) is 35.9 Å². The van der Waals surface area contributed by atoms with E-state index in [1.165, 1.54) is 16.8 Å². The highest BCUT2D eigenvalue weighted by atomic mass is 35.5. The Bertz CT molecular complexity index is 621. The Balaban J connectivity index is 0.00000200. The molecule has 0 aliphatic heterocycles. The number of carboxylic acids is 1. The molecule has 2 heterocycles. The van der Waals surface area contributed by atoms with Gasteiger partial charge in [0.05, 0.1) is 18.2 Å². The Labute approximate surface area is 120 Å². The maximum Gasteiger partial charge on any atom is 0.352 e. The fourth-order valence-corrected chi connectivity index (χ4v) is 1.90. The van der Waals surface area contributed by atoms with Crippen LogP contribution in [0, 0.1) is 0 Å². The first-order chi connectivity index (χ1) is 8.99. The van der Waals surface area contributed by atoms with Gasteiger partial charge in [0.1, 0.15) is 5.69 Å². The van der Waals surface area contributed by atoms with Crippen LogP contribution in [0.3, 0.4) is 0 Å². The van der Waals surface area contributed by atoms with Crippen LogP contribution in [0.1, 0.15) is 28.6 Å². The summed E-state index contributed by atoms with van der Waals surface area (Å²) < 4.78 is 1.43. The highest BCUT2D eigenvalue weighted by molar-refractivity contribution is 5.86. The Morgan fingerprint density at radius 2 is 2.20 bits per heavy atom. The fourth-order valence-electron chi connectivity index (χ4n) is 1.90. The van der Waals surface area contributed by atoms with Crippen LogP contribution in [0.2, 0.25) is 0 Å². The molecule has 1 atom stereocenters. The summed E-state index contributed by atoms with van der Waals surface area (Å²) in [5.41, 5.74) is 11.2. The number of aromatic carboxylic acids is 1. The normalized spacial score (nSPS) is 11.6. The number of carboxylic acid groups (broad SMARTS) is 1. The molecule has 0 spiro atoms. The number of carbonyl (C=O) groups excluding carboxylic acids is 1. The summed E-state index contributed by atoms with van der Waals surface area (Å²) >= 11 is 0. The number of hydrogen-bond acceptors (Lipinski definition) is 4. The number of carbonyl (C=O) groups is 2. The van der Waals surface area contributed by atoms with Gasteiger partial charge in [-0.1, -0.05) is 0 Å².